The van der Waals surface area contributed by atoms with E-state index < -0.39 is 11.9 Å². The number of carbonyl (C=O) groups is 2. The summed E-state index contributed by atoms with van der Waals surface area (Å²) in [5, 5.41) is 0.0185. The third-order valence-electron chi connectivity index (χ3n) is 5.34. The van der Waals surface area contributed by atoms with Gasteiger partial charge >= 0.3 is 11.9 Å². The van der Waals surface area contributed by atoms with Crippen LogP contribution in [0.1, 0.15) is 21.6 Å². The normalized spacial score (nSPS) is 10.3. The Balaban J connectivity index is 1.95. The largest absolute Gasteiger partial charge is 0.459 e. The Labute approximate surface area is 226 Å². The maximum atomic E-state index is 12.6. The first-order chi connectivity index (χ1) is 18.5. The number of benzene rings is 2. The van der Waals surface area contributed by atoms with Crippen LogP contribution in [0, 0.1) is 11.8 Å². The molecule has 1 heterocycles. The van der Waals surface area contributed by atoms with Gasteiger partial charge in [0.25, 0.3) is 0 Å². The minimum Gasteiger partial charge on any atom is -0.459 e. The van der Waals surface area contributed by atoms with E-state index in [1.165, 1.54) is 7.11 Å². The molecule has 0 saturated heterocycles. The lowest BCUT2D eigenvalue weighted by Gasteiger charge is -2.25. The number of nitrogens with zero attached hydrogens (tertiary/aromatic N) is 3. The first-order valence-corrected chi connectivity index (χ1v) is 12.1. The number of hydrogen-bond donors (Lipinski definition) is 0. The molecule has 0 bridgehead atoms. The molecule has 9 nitrogen and oxygen atoms in total. The number of methoxy groups -OCH3 is 3. The standard InChI is InChI=1S/C28H28ClN3O6/c1-35-17-15-32(16-18-36-2)27-25(31-26(29)23(30-27)13-14-24(33)37-3)21-9-11-22(12-10-21)28(34)38-19-20-7-5-4-6-8-20/h4-12H,15-19H2,1-3H3. The Hall–Kier alpha value is -3.97. The molecule has 0 N–H and O–H groups in total. The van der Waals surface area contributed by atoms with Gasteiger partial charge in [0.2, 0.25) is 0 Å². The van der Waals surface area contributed by atoms with Gasteiger partial charge in [-0.05, 0) is 23.6 Å². The Kier molecular flexibility index (Phi) is 11.1. The highest BCUT2D eigenvalue weighted by atomic mass is 35.5. The molecule has 0 unspecified atom stereocenters. The monoisotopic (exact) mass is 537 g/mol. The van der Waals surface area contributed by atoms with Crippen molar-refractivity contribution in [2.24, 2.45) is 0 Å². The maximum absolute atomic E-state index is 12.6. The van der Waals surface area contributed by atoms with Crippen LogP contribution < -0.4 is 4.90 Å². The minimum atomic E-state index is -0.723. The van der Waals surface area contributed by atoms with Gasteiger partial charge in [-0.1, -0.05) is 54.1 Å². The SMILES string of the molecule is COCCN(CCOC)c1nc(C#CC(=O)OC)c(Cl)nc1-c1ccc(C(=O)OCc2ccccc2)cc1. The van der Waals surface area contributed by atoms with E-state index in [0.29, 0.717) is 48.9 Å². The average molecular weight is 538 g/mol. The summed E-state index contributed by atoms with van der Waals surface area (Å²) >= 11 is 6.40. The number of hydrogen-bond acceptors (Lipinski definition) is 9. The predicted octanol–water partition coefficient (Wildman–Crippen LogP) is 3.78. The van der Waals surface area contributed by atoms with Crippen molar-refractivity contribution in [1.82, 2.24) is 9.97 Å². The highest BCUT2D eigenvalue weighted by Gasteiger charge is 2.20. The van der Waals surface area contributed by atoms with E-state index >= 15 is 0 Å². The Morgan fingerprint density at radius 1 is 0.921 bits per heavy atom. The summed E-state index contributed by atoms with van der Waals surface area (Å²) in [6, 6.07) is 16.2. The Morgan fingerprint density at radius 2 is 1.58 bits per heavy atom. The fourth-order valence-corrected chi connectivity index (χ4v) is 3.53. The zero-order valence-corrected chi connectivity index (χ0v) is 22.2. The summed E-state index contributed by atoms with van der Waals surface area (Å²) in [7, 11) is 4.44. The van der Waals surface area contributed by atoms with Crippen molar-refractivity contribution < 1.29 is 28.5 Å². The Morgan fingerprint density at radius 3 is 2.18 bits per heavy atom. The van der Waals surface area contributed by atoms with Gasteiger partial charge in [-0.2, -0.15) is 0 Å². The molecule has 0 aliphatic rings. The molecule has 0 aliphatic heterocycles. The minimum absolute atomic E-state index is 0.0185. The van der Waals surface area contributed by atoms with Crippen molar-refractivity contribution in [1.29, 1.82) is 0 Å². The van der Waals surface area contributed by atoms with Gasteiger partial charge in [0.05, 0.1) is 25.9 Å². The Bertz CT molecular complexity index is 1280. The molecule has 0 amide bonds. The van der Waals surface area contributed by atoms with Gasteiger partial charge < -0.3 is 23.8 Å². The third-order valence-corrected chi connectivity index (χ3v) is 5.60. The molecule has 38 heavy (non-hydrogen) atoms. The van der Waals surface area contributed by atoms with Crippen LogP contribution in [0.2, 0.25) is 5.15 Å². The summed E-state index contributed by atoms with van der Waals surface area (Å²) in [5.41, 5.74) is 2.55. The van der Waals surface area contributed by atoms with Crippen LogP contribution in [0.5, 0.6) is 0 Å². The van der Waals surface area contributed by atoms with E-state index in [9.17, 15) is 9.59 Å². The van der Waals surface area contributed by atoms with Gasteiger partial charge in [0, 0.05) is 38.8 Å². The summed E-state index contributed by atoms with van der Waals surface area (Å²) in [5.74, 6) is 4.25. The van der Waals surface area contributed by atoms with Gasteiger partial charge in [0.1, 0.15) is 12.3 Å². The van der Waals surface area contributed by atoms with Crippen LogP contribution >= 0.6 is 11.6 Å². The molecule has 0 aliphatic carbocycles. The quantitative estimate of drug-likeness (QED) is 0.267. The number of ether oxygens (including phenoxy) is 4. The number of esters is 2. The smallest absolute Gasteiger partial charge is 0.384 e. The molecule has 3 aromatic rings. The van der Waals surface area contributed by atoms with Crippen molar-refractivity contribution >= 4 is 29.4 Å². The predicted molar refractivity (Wildman–Crippen MR) is 143 cm³/mol. The van der Waals surface area contributed by atoms with E-state index in [1.54, 1.807) is 38.5 Å². The topological polar surface area (TPSA) is 100 Å². The molecule has 1 aromatic heterocycles. The molecule has 0 atom stereocenters. The van der Waals surface area contributed by atoms with Gasteiger partial charge in [-0.25, -0.2) is 19.6 Å². The van der Waals surface area contributed by atoms with Gasteiger partial charge in [0.15, 0.2) is 16.7 Å². The molecule has 0 saturated carbocycles. The van der Waals surface area contributed by atoms with Crippen LogP contribution in [-0.2, 0) is 30.3 Å². The van der Waals surface area contributed by atoms with Gasteiger partial charge in [-0.3, -0.25) is 0 Å². The second-order valence-electron chi connectivity index (χ2n) is 7.89. The lowest BCUT2D eigenvalue weighted by Crippen LogP contribution is -2.32. The molecule has 0 fully saturated rings. The van der Waals surface area contributed by atoms with Crippen LogP contribution in [-0.4, -0.2) is 69.5 Å². The maximum Gasteiger partial charge on any atom is 0.384 e. The average Bonchev–Trinajstić information content (AvgIpc) is 2.95. The van der Waals surface area contributed by atoms with Crippen molar-refractivity contribution in [3.63, 3.8) is 0 Å². The highest BCUT2D eigenvalue weighted by Crippen LogP contribution is 2.30. The molecular weight excluding hydrogens is 510 g/mol. The summed E-state index contributed by atoms with van der Waals surface area (Å²) < 4.78 is 20.5. The number of carbonyl (C=O) groups excluding carboxylic acids is 2. The third kappa shape index (κ3) is 8.02. The fourth-order valence-electron chi connectivity index (χ4n) is 3.36. The fraction of sp³-hybridized carbons (Fsp3) is 0.286. The number of anilines is 1. The summed E-state index contributed by atoms with van der Waals surface area (Å²) in [6.45, 7) is 1.98. The van der Waals surface area contributed by atoms with E-state index in [-0.39, 0.29) is 17.5 Å². The second-order valence-corrected chi connectivity index (χ2v) is 8.25. The summed E-state index contributed by atoms with van der Waals surface area (Å²) in [6.07, 6.45) is 0. The molecule has 3 rings (SSSR count). The number of aromatic nitrogens is 2. The van der Waals surface area contributed by atoms with Crippen molar-refractivity contribution in [3.05, 3.63) is 76.6 Å². The molecular formula is C28H28ClN3O6. The zero-order valence-electron chi connectivity index (χ0n) is 21.4. The lowest BCUT2D eigenvalue weighted by molar-refractivity contribution is -0.133. The van der Waals surface area contributed by atoms with Crippen LogP contribution in [0.25, 0.3) is 11.3 Å². The van der Waals surface area contributed by atoms with Crippen molar-refractivity contribution in [2.75, 3.05) is 52.5 Å². The highest BCUT2D eigenvalue weighted by molar-refractivity contribution is 6.30. The zero-order chi connectivity index (χ0) is 27.3. The van der Waals surface area contributed by atoms with Gasteiger partial charge in [-0.15, -0.1) is 0 Å². The van der Waals surface area contributed by atoms with Crippen molar-refractivity contribution in [2.45, 2.75) is 6.61 Å². The van der Waals surface area contributed by atoms with Crippen LogP contribution in [0.3, 0.4) is 0 Å². The van der Waals surface area contributed by atoms with Crippen molar-refractivity contribution in [3.8, 4) is 23.1 Å². The van der Waals surface area contributed by atoms with E-state index in [0.717, 1.165) is 5.56 Å². The van der Waals surface area contributed by atoms with E-state index in [4.69, 9.17) is 25.8 Å². The van der Waals surface area contributed by atoms with E-state index in [1.807, 2.05) is 35.2 Å². The lowest BCUT2D eigenvalue weighted by atomic mass is 10.1. The van der Waals surface area contributed by atoms with Crippen LogP contribution in [0.15, 0.2) is 54.6 Å². The first-order valence-electron chi connectivity index (χ1n) is 11.7. The molecule has 198 valence electrons. The summed E-state index contributed by atoms with van der Waals surface area (Å²) in [4.78, 5) is 35.2. The number of rotatable bonds is 11. The molecule has 10 heteroatoms. The second kappa shape index (κ2) is 14.7. The van der Waals surface area contributed by atoms with E-state index in [2.05, 4.69) is 26.5 Å². The first kappa shape index (κ1) is 28.6. The molecule has 0 radical (unpaired) electrons. The molecule has 0 spiro atoms. The number of halogens is 1. The molecule has 2 aromatic carbocycles. The van der Waals surface area contributed by atoms with Crippen LogP contribution in [0.4, 0.5) is 5.82 Å².